The standard InChI is InChI=1S/C14H22N2O3S/c1-2-19-10-9-16-20(17,18)14-7-3-12(4-8-14)11-15-13-5-6-13/h3-4,7-8,13,15-16H,2,5-6,9-11H2,1H3. The van der Waals surface area contributed by atoms with Crippen LogP contribution in [0.15, 0.2) is 29.2 Å². The fourth-order valence-corrected chi connectivity index (χ4v) is 2.83. The van der Waals surface area contributed by atoms with Crippen LogP contribution >= 0.6 is 0 Å². The van der Waals surface area contributed by atoms with E-state index in [9.17, 15) is 8.42 Å². The van der Waals surface area contributed by atoms with Crippen molar-refractivity contribution in [1.82, 2.24) is 10.0 Å². The van der Waals surface area contributed by atoms with Gasteiger partial charge >= 0.3 is 0 Å². The van der Waals surface area contributed by atoms with Gasteiger partial charge in [-0.15, -0.1) is 0 Å². The van der Waals surface area contributed by atoms with E-state index in [1.165, 1.54) is 12.8 Å². The highest BCUT2D eigenvalue weighted by atomic mass is 32.2. The number of benzene rings is 1. The van der Waals surface area contributed by atoms with Gasteiger partial charge in [0.1, 0.15) is 0 Å². The molecule has 6 heteroatoms. The highest BCUT2D eigenvalue weighted by molar-refractivity contribution is 7.89. The van der Waals surface area contributed by atoms with E-state index in [1.807, 2.05) is 19.1 Å². The lowest BCUT2D eigenvalue weighted by molar-refractivity contribution is 0.153. The second-order valence-corrected chi connectivity index (χ2v) is 6.66. The lowest BCUT2D eigenvalue weighted by Crippen LogP contribution is -2.27. The first kappa shape index (κ1) is 15.4. The van der Waals surface area contributed by atoms with Crippen LogP contribution in [0.2, 0.25) is 0 Å². The Labute approximate surface area is 120 Å². The van der Waals surface area contributed by atoms with Crippen molar-refractivity contribution >= 4 is 10.0 Å². The Kier molecular flexibility index (Phi) is 5.54. The van der Waals surface area contributed by atoms with Crippen molar-refractivity contribution < 1.29 is 13.2 Å². The summed E-state index contributed by atoms with van der Waals surface area (Å²) in [4.78, 5) is 0.296. The molecule has 0 aliphatic heterocycles. The molecule has 0 bridgehead atoms. The maximum Gasteiger partial charge on any atom is 0.240 e. The van der Waals surface area contributed by atoms with Crippen LogP contribution in [0, 0.1) is 0 Å². The molecular formula is C14H22N2O3S. The number of hydrogen-bond donors (Lipinski definition) is 2. The molecule has 1 fully saturated rings. The average Bonchev–Trinajstić information content (AvgIpc) is 3.26. The molecule has 20 heavy (non-hydrogen) atoms. The summed E-state index contributed by atoms with van der Waals surface area (Å²) in [5.41, 5.74) is 1.10. The third-order valence-electron chi connectivity index (χ3n) is 3.15. The molecular weight excluding hydrogens is 276 g/mol. The summed E-state index contributed by atoms with van der Waals surface area (Å²) in [5, 5.41) is 3.40. The minimum atomic E-state index is -3.43. The second kappa shape index (κ2) is 7.17. The first-order valence-corrected chi connectivity index (χ1v) is 8.50. The molecule has 2 N–H and O–H groups in total. The average molecular weight is 298 g/mol. The molecule has 1 aromatic rings. The quantitative estimate of drug-likeness (QED) is 0.673. The SMILES string of the molecule is CCOCCNS(=O)(=O)c1ccc(CNC2CC2)cc1. The molecule has 1 aliphatic carbocycles. The fraction of sp³-hybridized carbons (Fsp3) is 0.571. The van der Waals surface area contributed by atoms with Gasteiger partial charge in [0.15, 0.2) is 0 Å². The zero-order valence-electron chi connectivity index (χ0n) is 11.8. The summed E-state index contributed by atoms with van der Waals surface area (Å²) in [7, 11) is -3.43. The van der Waals surface area contributed by atoms with Crippen molar-refractivity contribution in [3.05, 3.63) is 29.8 Å². The summed E-state index contributed by atoms with van der Waals surface area (Å²) in [5.74, 6) is 0. The van der Waals surface area contributed by atoms with Gasteiger partial charge in [-0.25, -0.2) is 13.1 Å². The molecule has 1 aromatic carbocycles. The van der Waals surface area contributed by atoms with Crippen LogP contribution in [0.4, 0.5) is 0 Å². The summed E-state index contributed by atoms with van der Waals surface area (Å²) in [6, 6.07) is 7.65. The van der Waals surface area contributed by atoms with Gasteiger partial charge in [-0.2, -0.15) is 0 Å². The first-order chi connectivity index (χ1) is 9.62. The number of rotatable bonds is 9. The van der Waals surface area contributed by atoms with E-state index in [2.05, 4.69) is 10.0 Å². The maximum atomic E-state index is 12.0. The van der Waals surface area contributed by atoms with Gasteiger partial charge in [0.2, 0.25) is 10.0 Å². The van der Waals surface area contributed by atoms with Crippen molar-refractivity contribution in [1.29, 1.82) is 0 Å². The smallest absolute Gasteiger partial charge is 0.240 e. The number of hydrogen-bond acceptors (Lipinski definition) is 4. The van der Waals surface area contributed by atoms with E-state index in [0.29, 0.717) is 30.7 Å². The van der Waals surface area contributed by atoms with E-state index >= 15 is 0 Å². The first-order valence-electron chi connectivity index (χ1n) is 7.01. The van der Waals surface area contributed by atoms with Gasteiger partial charge in [0, 0.05) is 25.7 Å². The molecule has 0 saturated heterocycles. The van der Waals surface area contributed by atoms with Crippen molar-refractivity contribution in [2.24, 2.45) is 0 Å². The molecule has 0 atom stereocenters. The highest BCUT2D eigenvalue weighted by Gasteiger charge is 2.20. The molecule has 0 unspecified atom stereocenters. The number of ether oxygens (including phenoxy) is 1. The Morgan fingerprint density at radius 3 is 2.55 bits per heavy atom. The molecule has 5 nitrogen and oxygen atoms in total. The highest BCUT2D eigenvalue weighted by Crippen LogP contribution is 2.19. The Morgan fingerprint density at radius 1 is 1.25 bits per heavy atom. The van der Waals surface area contributed by atoms with Gasteiger partial charge in [-0.3, -0.25) is 0 Å². The molecule has 1 aliphatic rings. The summed E-state index contributed by atoms with van der Waals surface area (Å²) < 4.78 is 31.6. The molecule has 0 heterocycles. The minimum absolute atomic E-state index is 0.293. The zero-order chi connectivity index (χ0) is 14.4. The third kappa shape index (κ3) is 4.86. The van der Waals surface area contributed by atoms with E-state index < -0.39 is 10.0 Å². The largest absolute Gasteiger partial charge is 0.380 e. The third-order valence-corrected chi connectivity index (χ3v) is 4.63. The lowest BCUT2D eigenvalue weighted by atomic mass is 10.2. The maximum absolute atomic E-state index is 12.0. The van der Waals surface area contributed by atoms with Crippen molar-refractivity contribution in [3.63, 3.8) is 0 Å². The molecule has 0 amide bonds. The van der Waals surface area contributed by atoms with E-state index in [4.69, 9.17) is 4.74 Å². The Morgan fingerprint density at radius 2 is 1.95 bits per heavy atom. The van der Waals surface area contributed by atoms with Crippen molar-refractivity contribution in [2.45, 2.75) is 37.2 Å². The van der Waals surface area contributed by atoms with Gasteiger partial charge in [0.25, 0.3) is 0 Å². The van der Waals surface area contributed by atoms with Crippen LogP contribution in [0.1, 0.15) is 25.3 Å². The normalized spacial score (nSPS) is 15.4. The summed E-state index contributed by atoms with van der Waals surface area (Å²) >= 11 is 0. The lowest BCUT2D eigenvalue weighted by Gasteiger charge is -2.08. The Balaban J connectivity index is 1.86. The van der Waals surface area contributed by atoms with Crippen LogP contribution in [-0.4, -0.2) is 34.2 Å². The minimum Gasteiger partial charge on any atom is -0.380 e. The molecule has 0 spiro atoms. The van der Waals surface area contributed by atoms with Gasteiger partial charge in [0.05, 0.1) is 11.5 Å². The van der Waals surface area contributed by atoms with Crippen LogP contribution in [0.3, 0.4) is 0 Å². The predicted molar refractivity (Wildman–Crippen MR) is 78.0 cm³/mol. The van der Waals surface area contributed by atoms with Crippen LogP contribution in [0.25, 0.3) is 0 Å². The fourth-order valence-electron chi connectivity index (χ4n) is 1.81. The van der Waals surface area contributed by atoms with Gasteiger partial charge < -0.3 is 10.1 Å². The van der Waals surface area contributed by atoms with E-state index in [-0.39, 0.29) is 0 Å². The number of sulfonamides is 1. The summed E-state index contributed by atoms with van der Waals surface area (Å²) in [6.45, 7) is 3.94. The van der Waals surface area contributed by atoms with Crippen molar-refractivity contribution in [2.75, 3.05) is 19.8 Å². The van der Waals surface area contributed by atoms with Gasteiger partial charge in [-0.05, 0) is 37.5 Å². The monoisotopic (exact) mass is 298 g/mol. The van der Waals surface area contributed by atoms with Gasteiger partial charge in [-0.1, -0.05) is 12.1 Å². The van der Waals surface area contributed by atoms with Crippen LogP contribution < -0.4 is 10.0 Å². The second-order valence-electron chi connectivity index (χ2n) is 4.89. The predicted octanol–water partition coefficient (Wildman–Crippen LogP) is 1.25. The summed E-state index contributed by atoms with van der Waals surface area (Å²) in [6.07, 6.45) is 2.49. The molecule has 0 radical (unpaired) electrons. The molecule has 2 rings (SSSR count). The van der Waals surface area contributed by atoms with Crippen LogP contribution in [-0.2, 0) is 21.3 Å². The Hall–Kier alpha value is -0.950. The van der Waals surface area contributed by atoms with E-state index in [0.717, 1.165) is 12.1 Å². The molecule has 1 saturated carbocycles. The van der Waals surface area contributed by atoms with Crippen molar-refractivity contribution in [3.8, 4) is 0 Å². The zero-order valence-corrected chi connectivity index (χ0v) is 12.6. The Bertz CT molecular complexity index is 510. The number of nitrogens with one attached hydrogen (secondary N) is 2. The molecule has 0 aromatic heterocycles. The topological polar surface area (TPSA) is 67.4 Å². The van der Waals surface area contributed by atoms with E-state index in [1.54, 1.807) is 12.1 Å². The molecule has 112 valence electrons. The van der Waals surface area contributed by atoms with Crippen LogP contribution in [0.5, 0.6) is 0 Å².